The van der Waals surface area contributed by atoms with Crippen LogP contribution in [0, 0.1) is 0 Å². The zero-order valence-corrected chi connectivity index (χ0v) is 14.0. The quantitative estimate of drug-likeness (QED) is 0.859. The van der Waals surface area contributed by atoms with Crippen molar-refractivity contribution in [3.8, 4) is 11.1 Å². The second-order valence-corrected chi connectivity index (χ2v) is 7.68. The summed E-state index contributed by atoms with van der Waals surface area (Å²) in [5.74, 6) is -0.595. The van der Waals surface area contributed by atoms with E-state index in [4.69, 9.17) is 0 Å². The molecule has 1 atom stereocenters. The Kier molecular flexibility index (Phi) is 4.40. The van der Waals surface area contributed by atoms with Gasteiger partial charge in [0.05, 0.1) is 11.4 Å². The fourth-order valence-corrected chi connectivity index (χ4v) is 4.11. The first-order chi connectivity index (χ1) is 11.4. The van der Waals surface area contributed by atoms with Gasteiger partial charge in [0, 0.05) is 7.05 Å². The molecule has 1 amide bonds. The Labute approximate surface area is 140 Å². The Morgan fingerprint density at radius 2 is 1.62 bits per heavy atom. The monoisotopic (exact) mass is 346 g/mol. The summed E-state index contributed by atoms with van der Waals surface area (Å²) in [6, 6.07) is 15.3. The Bertz CT molecular complexity index is 835. The number of hydroxylamine groups is 2. The summed E-state index contributed by atoms with van der Waals surface area (Å²) in [5, 5.41) is 9.94. The van der Waals surface area contributed by atoms with Gasteiger partial charge in [0.15, 0.2) is 0 Å². The average Bonchev–Trinajstić information content (AvgIpc) is 2.94. The molecular weight excluding hydrogens is 328 g/mol. The number of hydrogen-bond acceptors (Lipinski definition) is 4. The van der Waals surface area contributed by atoms with E-state index in [9.17, 15) is 18.4 Å². The molecule has 126 valence electrons. The van der Waals surface area contributed by atoms with Gasteiger partial charge in [-0.3, -0.25) is 10.0 Å². The molecule has 0 bridgehead atoms. The number of nitrogens with zero attached hydrogens (tertiary/aromatic N) is 2. The number of benzene rings is 2. The van der Waals surface area contributed by atoms with Crippen LogP contribution in [0.5, 0.6) is 0 Å². The number of rotatable bonds is 4. The molecule has 0 saturated carbocycles. The minimum atomic E-state index is -3.80. The molecule has 7 heteroatoms. The molecule has 1 heterocycles. The van der Waals surface area contributed by atoms with Crippen molar-refractivity contribution in [1.29, 1.82) is 0 Å². The molecule has 1 unspecified atom stereocenters. The van der Waals surface area contributed by atoms with E-state index >= 15 is 0 Å². The Morgan fingerprint density at radius 3 is 2.17 bits per heavy atom. The first-order valence-corrected chi connectivity index (χ1v) is 8.99. The fourth-order valence-electron chi connectivity index (χ4n) is 2.77. The van der Waals surface area contributed by atoms with Crippen LogP contribution in [0.1, 0.15) is 6.42 Å². The van der Waals surface area contributed by atoms with Gasteiger partial charge in [-0.05, 0) is 29.7 Å². The predicted octanol–water partition coefficient (Wildman–Crippen LogP) is 1.96. The number of carbonyl (C=O) groups is 1. The van der Waals surface area contributed by atoms with Crippen LogP contribution in [0.4, 0.5) is 0 Å². The summed E-state index contributed by atoms with van der Waals surface area (Å²) < 4.78 is 26.4. The molecular formula is C17H18N2O4S. The van der Waals surface area contributed by atoms with Crippen molar-refractivity contribution in [2.24, 2.45) is 0 Å². The van der Waals surface area contributed by atoms with Crippen molar-refractivity contribution >= 4 is 15.9 Å². The average molecular weight is 346 g/mol. The molecule has 0 aliphatic carbocycles. The Morgan fingerprint density at radius 1 is 1.04 bits per heavy atom. The topological polar surface area (TPSA) is 77.9 Å². The number of carbonyl (C=O) groups excluding carboxylic acids is 1. The van der Waals surface area contributed by atoms with Crippen molar-refractivity contribution in [3.63, 3.8) is 0 Å². The van der Waals surface area contributed by atoms with Gasteiger partial charge in [-0.15, -0.1) is 0 Å². The van der Waals surface area contributed by atoms with E-state index in [0.717, 1.165) is 15.4 Å². The zero-order chi connectivity index (χ0) is 17.3. The number of sulfonamides is 1. The van der Waals surface area contributed by atoms with Crippen LogP contribution in [0.3, 0.4) is 0 Å². The molecule has 3 rings (SSSR count). The van der Waals surface area contributed by atoms with Crippen LogP contribution >= 0.6 is 0 Å². The smallest absolute Gasteiger partial charge is 0.264 e. The number of amides is 1. The molecule has 0 aromatic heterocycles. The third kappa shape index (κ3) is 2.93. The van der Waals surface area contributed by atoms with Gasteiger partial charge in [-0.1, -0.05) is 42.5 Å². The van der Waals surface area contributed by atoms with Gasteiger partial charge >= 0.3 is 0 Å². The molecule has 1 aliphatic heterocycles. The molecule has 24 heavy (non-hydrogen) atoms. The van der Waals surface area contributed by atoms with E-state index < -0.39 is 22.0 Å². The molecule has 1 aliphatic rings. The van der Waals surface area contributed by atoms with Crippen molar-refractivity contribution < 1.29 is 18.4 Å². The standard InChI is InChI=1S/C17H18N2O4S/c1-18(16-11-12-19(21)17(16)20)24(22,23)15-9-7-14(8-10-15)13-5-3-2-4-6-13/h2-10,16,21H,11-12H2,1H3. The lowest BCUT2D eigenvalue weighted by atomic mass is 10.1. The molecule has 0 spiro atoms. The van der Waals surface area contributed by atoms with Crippen molar-refractivity contribution in [2.75, 3.05) is 13.6 Å². The summed E-state index contributed by atoms with van der Waals surface area (Å²) in [6.45, 7) is 0.135. The van der Waals surface area contributed by atoms with Crippen molar-refractivity contribution in [2.45, 2.75) is 17.4 Å². The van der Waals surface area contributed by atoms with E-state index in [2.05, 4.69) is 0 Å². The molecule has 1 N–H and O–H groups in total. The third-order valence-corrected chi connectivity index (χ3v) is 6.11. The minimum absolute atomic E-state index is 0.119. The van der Waals surface area contributed by atoms with Crippen LogP contribution in [-0.4, -0.2) is 48.5 Å². The largest absolute Gasteiger partial charge is 0.286 e. The lowest BCUT2D eigenvalue weighted by Crippen LogP contribution is -2.42. The first kappa shape index (κ1) is 16.6. The second-order valence-electron chi connectivity index (χ2n) is 5.68. The van der Waals surface area contributed by atoms with Crippen LogP contribution in [0.25, 0.3) is 11.1 Å². The summed E-state index contributed by atoms with van der Waals surface area (Å²) in [4.78, 5) is 12.0. The summed E-state index contributed by atoms with van der Waals surface area (Å²) in [6.07, 6.45) is 0.271. The molecule has 0 radical (unpaired) electrons. The molecule has 1 saturated heterocycles. The van der Waals surface area contributed by atoms with E-state index in [0.29, 0.717) is 5.06 Å². The van der Waals surface area contributed by atoms with E-state index in [1.54, 1.807) is 12.1 Å². The maximum Gasteiger partial charge on any atom is 0.264 e. The minimum Gasteiger partial charge on any atom is -0.286 e. The van der Waals surface area contributed by atoms with Crippen LogP contribution in [0.15, 0.2) is 59.5 Å². The van der Waals surface area contributed by atoms with Crippen LogP contribution in [-0.2, 0) is 14.8 Å². The normalized spacial score (nSPS) is 18.4. The second kappa shape index (κ2) is 6.35. The fraction of sp³-hybridized carbons (Fsp3) is 0.235. The maximum absolute atomic E-state index is 12.7. The highest BCUT2D eigenvalue weighted by molar-refractivity contribution is 7.89. The van der Waals surface area contributed by atoms with E-state index in [-0.39, 0.29) is 17.9 Å². The van der Waals surface area contributed by atoms with Gasteiger partial charge in [0.2, 0.25) is 10.0 Å². The van der Waals surface area contributed by atoms with Crippen LogP contribution in [0.2, 0.25) is 0 Å². The van der Waals surface area contributed by atoms with Crippen molar-refractivity contribution in [1.82, 2.24) is 9.37 Å². The first-order valence-electron chi connectivity index (χ1n) is 7.55. The van der Waals surface area contributed by atoms with Gasteiger partial charge in [0.1, 0.15) is 6.04 Å². The maximum atomic E-state index is 12.7. The number of likely N-dealkylation sites (N-methyl/N-ethyl adjacent to an activating group) is 1. The zero-order valence-electron chi connectivity index (χ0n) is 13.2. The highest BCUT2D eigenvalue weighted by atomic mass is 32.2. The molecule has 1 fully saturated rings. The summed E-state index contributed by atoms with van der Waals surface area (Å²) >= 11 is 0. The van der Waals surface area contributed by atoms with Gasteiger partial charge < -0.3 is 0 Å². The Hall–Kier alpha value is -2.22. The highest BCUT2D eigenvalue weighted by Gasteiger charge is 2.39. The molecule has 2 aromatic carbocycles. The van der Waals surface area contributed by atoms with Gasteiger partial charge in [-0.2, -0.15) is 4.31 Å². The van der Waals surface area contributed by atoms with E-state index in [1.165, 1.54) is 19.2 Å². The van der Waals surface area contributed by atoms with Gasteiger partial charge in [-0.25, -0.2) is 13.5 Å². The lowest BCUT2D eigenvalue weighted by molar-refractivity contribution is -0.159. The lowest BCUT2D eigenvalue weighted by Gasteiger charge is -2.22. The summed E-state index contributed by atoms with van der Waals surface area (Å²) in [5.41, 5.74) is 1.91. The highest BCUT2D eigenvalue weighted by Crippen LogP contribution is 2.25. The van der Waals surface area contributed by atoms with Crippen molar-refractivity contribution in [3.05, 3.63) is 54.6 Å². The third-order valence-electron chi connectivity index (χ3n) is 4.23. The number of hydrogen-bond donors (Lipinski definition) is 1. The summed E-state index contributed by atoms with van der Waals surface area (Å²) in [7, 11) is -2.44. The predicted molar refractivity (Wildman–Crippen MR) is 88.7 cm³/mol. The van der Waals surface area contributed by atoms with Crippen LogP contribution < -0.4 is 0 Å². The Balaban J connectivity index is 1.86. The molecule has 2 aromatic rings. The SMILES string of the molecule is CN(C1CCN(O)C1=O)S(=O)(=O)c1ccc(-c2ccccc2)cc1. The van der Waals surface area contributed by atoms with E-state index in [1.807, 2.05) is 30.3 Å². The van der Waals surface area contributed by atoms with Gasteiger partial charge in [0.25, 0.3) is 5.91 Å². The molecule has 6 nitrogen and oxygen atoms in total.